The summed E-state index contributed by atoms with van der Waals surface area (Å²) in [5.41, 5.74) is 0.969. The predicted octanol–water partition coefficient (Wildman–Crippen LogP) is 3.20. The third-order valence-corrected chi connectivity index (χ3v) is 4.97. The van der Waals surface area contributed by atoms with Crippen molar-refractivity contribution in [3.05, 3.63) is 65.7 Å². The van der Waals surface area contributed by atoms with E-state index in [1.165, 1.54) is 0 Å². The Morgan fingerprint density at radius 3 is 2.37 bits per heavy atom. The summed E-state index contributed by atoms with van der Waals surface area (Å²) < 4.78 is 0. The maximum Gasteiger partial charge on any atom is 0.310 e. The van der Waals surface area contributed by atoms with Gasteiger partial charge in [-0.25, -0.2) is 0 Å². The summed E-state index contributed by atoms with van der Waals surface area (Å²) in [4.78, 5) is 36.0. The molecular weight excluding hydrogens is 344 g/mol. The van der Waals surface area contributed by atoms with Crippen LogP contribution in [0.15, 0.2) is 54.6 Å². The molecule has 6 heteroatoms. The SMILES string of the molecule is O=C(CC1(C(=O)O)CCC1)Nc1cccc(C(=O)NCc2ccccc2)c1. The van der Waals surface area contributed by atoms with Gasteiger partial charge in [0, 0.05) is 24.2 Å². The van der Waals surface area contributed by atoms with E-state index in [1.807, 2.05) is 30.3 Å². The molecule has 0 spiro atoms. The van der Waals surface area contributed by atoms with Gasteiger partial charge in [0.2, 0.25) is 5.91 Å². The minimum atomic E-state index is -0.936. The number of rotatable bonds is 7. The number of nitrogens with one attached hydrogen (secondary N) is 2. The van der Waals surface area contributed by atoms with Gasteiger partial charge in [-0.3, -0.25) is 14.4 Å². The Labute approximate surface area is 157 Å². The highest BCUT2D eigenvalue weighted by Crippen LogP contribution is 2.44. The van der Waals surface area contributed by atoms with Gasteiger partial charge in [0.1, 0.15) is 0 Å². The lowest BCUT2D eigenvalue weighted by molar-refractivity contribution is -0.157. The van der Waals surface area contributed by atoms with Gasteiger partial charge in [-0.2, -0.15) is 0 Å². The van der Waals surface area contributed by atoms with Gasteiger partial charge in [-0.1, -0.05) is 42.8 Å². The molecule has 1 aliphatic rings. The van der Waals surface area contributed by atoms with Crippen molar-refractivity contribution in [2.24, 2.45) is 5.41 Å². The van der Waals surface area contributed by atoms with Gasteiger partial charge < -0.3 is 15.7 Å². The lowest BCUT2D eigenvalue weighted by atomic mass is 9.66. The Hall–Kier alpha value is -3.15. The largest absolute Gasteiger partial charge is 0.481 e. The molecule has 6 nitrogen and oxygen atoms in total. The highest BCUT2D eigenvalue weighted by atomic mass is 16.4. The summed E-state index contributed by atoms with van der Waals surface area (Å²) in [6.07, 6.45) is 1.83. The van der Waals surface area contributed by atoms with Crippen molar-refractivity contribution >= 4 is 23.5 Å². The second-order valence-corrected chi connectivity index (χ2v) is 6.91. The first-order chi connectivity index (χ1) is 13.0. The molecule has 2 aromatic carbocycles. The molecule has 3 rings (SSSR count). The van der Waals surface area contributed by atoms with Crippen LogP contribution in [0.3, 0.4) is 0 Å². The van der Waals surface area contributed by atoms with Crippen molar-refractivity contribution in [2.45, 2.75) is 32.2 Å². The highest BCUT2D eigenvalue weighted by molar-refractivity contribution is 5.98. The molecule has 0 aliphatic heterocycles. The number of hydrogen-bond donors (Lipinski definition) is 3. The molecule has 1 saturated carbocycles. The van der Waals surface area contributed by atoms with Crippen LogP contribution in [0, 0.1) is 5.41 Å². The molecule has 1 aliphatic carbocycles. The molecule has 0 unspecified atom stereocenters. The summed E-state index contributed by atoms with van der Waals surface area (Å²) in [6, 6.07) is 16.2. The summed E-state index contributed by atoms with van der Waals surface area (Å²) in [5, 5.41) is 14.9. The summed E-state index contributed by atoms with van der Waals surface area (Å²) in [6.45, 7) is 0.414. The van der Waals surface area contributed by atoms with E-state index < -0.39 is 11.4 Å². The molecule has 0 bridgehead atoms. The van der Waals surface area contributed by atoms with Crippen molar-refractivity contribution in [2.75, 3.05) is 5.32 Å². The average Bonchev–Trinajstić information content (AvgIpc) is 2.63. The number of carboxylic acid groups (broad SMARTS) is 1. The molecule has 27 heavy (non-hydrogen) atoms. The van der Waals surface area contributed by atoms with E-state index >= 15 is 0 Å². The monoisotopic (exact) mass is 366 g/mol. The fourth-order valence-corrected chi connectivity index (χ4v) is 3.20. The Kier molecular flexibility index (Phi) is 5.54. The van der Waals surface area contributed by atoms with Gasteiger partial charge in [0.25, 0.3) is 5.91 Å². The first-order valence-corrected chi connectivity index (χ1v) is 8.94. The Balaban J connectivity index is 1.59. The zero-order valence-corrected chi connectivity index (χ0v) is 14.9. The fourth-order valence-electron chi connectivity index (χ4n) is 3.20. The highest BCUT2D eigenvalue weighted by Gasteiger charge is 2.45. The smallest absolute Gasteiger partial charge is 0.310 e. The van der Waals surface area contributed by atoms with Crippen molar-refractivity contribution in [3.8, 4) is 0 Å². The van der Waals surface area contributed by atoms with Crippen LogP contribution in [0.4, 0.5) is 5.69 Å². The van der Waals surface area contributed by atoms with E-state index in [2.05, 4.69) is 10.6 Å². The minimum absolute atomic E-state index is 0.0488. The van der Waals surface area contributed by atoms with Crippen LogP contribution >= 0.6 is 0 Å². The number of carbonyl (C=O) groups is 3. The normalized spacial score (nSPS) is 14.7. The molecule has 0 saturated heterocycles. The second-order valence-electron chi connectivity index (χ2n) is 6.91. The lowest BCUT2D eigenvalue weighted by Gasteiger charge is -2.36. The zero-order chi connectivity index (χ0) is 19.3. The number of carbonyl (C=O) groups excluding carboxylic acids is 2. The molecule has 3 N–H and O–H groups in total. The third-order valence-electron chi connectivity index (χ3n) is 4.97. The molecule has 0 atom stereocenters. The number of carboxylic acids is 1. The van der Waals surface area contributed by atoms with E-state index in [9.17, 15) is 19.5 Å². The number of amides is 2. The van der Waals surface area contributed by atoms with Gasteiger partial charge >= 0.3 is 5.97 Å². The van der Waals surface area contributed by atoms with Crippen molar-refractivity contribution in [3.63, 3.8) is 0 Å². The number of anilines is 1. The van der Waals surface area contributed by atoms with Crippen molar-refractivity contribution < 1.29 is 19.5 Å². The van der Waals surface area contributed by atoms with E-state index in [-0.39, 0.29) is 18.2 Å². The van der Waals surface area contributed by atoms with Crippen LogP contribution in [0.25, 0.3) is 0 Å². The van der Waals surface area contributed by atoms with Crippen LogP contribution in [-0.2, 0) is 16.1 Å². The molecule has 1 fully saturated rings. The second kappa shape index (κ2) is 8.03. The van der Waals surface area contributed by atoms with E-state index in [0.29, 0.717) is 30.6 Å². The van der Waals surface area contributed by atoms with Crippen LogP contribution in [0.1, 0.15) is 41.6 Å². The molecular formula is C21H22N2O4. The quantitative estimate of drug-likeness (QED) is 0.701. The summed E-state index contributed by atoms with van der Waals surface area (Å²) >= 11 is 0. The Bertz CT molecular complexity index is 844. The van der Waals surface area contributed by atoms with Crippen molar-refractivity contribution in [1.82, 2.24) is 5.32 Å². The molecule has 140 valence electrons. The first kappa shape index (κ1) is 18.6. The van der Waals surface area contributed by atoms with Crippen LogP contribution in [0.5, 0.6) is 0 Å². The number of benzene rings is 2. The van der Waals surface area contributed by atoms with Gasteiger partial charge in [0.05, 0.1) is 5.41 Å². The molecule has 0 heterocycles. The van der Waals surface area contributed by atoms with Crippen LogP contribution in [-0.4, -0.2) is 22.9 Å². The predicted molar refractivity (Wildman–Crippen MR) is 101 cm³/mol. The van der Waals surface area contributed by atoms with E-state index in [1.54, 1.807) is 24.3 Å². The molecule has 2 amide bonds. The Morgan fingerprint density at radius 1 is 1.00 bits per heavy atom. The zero-order valence-electron chi connectivity index (χ0n) is 14.9. The van der Waals surface area contributed by atoms with Crippen LogP contribution in [0.2, 0.25) is 0 Å². The van der Waals surface area contributed by atoms with Gasteiger partial charge in [-0.15, -0.1) is 0 Å². The summed E-state index contributed by atoms with van der Waals surface area (Å²) in [7, 11) is 0. The average molecular weight is 366 g/mol. The minimum Gasteiger partial charge on any atom is -0.481 e. The lowest BCUT2D eigenvalue weighted by Crippen LogP contribution is -2.41. The molecule has 0 radical (unpaired) electrons. The maximum absolute atomic E-state index is 12.3. The van der Waals surface area contributed by atoms with Crippen LogP contribution < -0.4 is 10.6 Å². The topological polar surface area (TPSA) is 95.5 Å². The maximum atomic E-state index is 12.3. The summed E-state index contributed by atoms with van der Waals surface area (Å²) in [5.74, 6) is -1.51. The third kappa shape index (κ3) is 4.53. The van der Waals surface area contributed by atoms with Gasteiger partial charge in [-0.05, 0) is 36.6 Å². The molecule has 0 aromatic heterocycles. The van der Waals surface area contributed by atoms with Crippen molar-refractivity contribution in [1.29, 1.82) is 0 Å². The number of hydrogen-bond acceptors (Lipinski definition) is 3. The number of aliphatic carboxylic acids is 1. The molecule has 2 aromatic rings. The van der Waals surface area contributed by atoms with E-state index in [0.717, 1.165) is 12.0 Å². The van der Waals surface area contributed by atoms with E-state index in [4.69, 9.17) is 0 Å². The Morgan fingerprint density at radius 2 is 1.74 bits per heavy atom. The van der Waals surface area contributed by atoms with Gasteiger partial charge in [0.15, 0.2) is 0 Å². The first-order valence-electron chi connectivity index (χ1n) is 8.94. The standard InChI is InChI=1S/C21H22N2O4/c24-18(13-21(20(26)27)10-5-11-21)23-17-9-4-8-16(12-17)19(25)22-14-15-6-2-1-3-7-15/h1-4,6-9,12H,5,10-11,13-14H2,(H,22,25)(H,23,24)(H,26,27). The fraction of sp³-hybridized carbons (Fsp3) is 0.286.